The number of carbonyl (C=O) groups excluding carboxylic acids is 1. The number of aldehydes is 1. The van der Waals surface area contributed by atoms with Crippen molar-refractivity contribution in [2.75, 3.05) is 6.61 Å². The van der Waals surface area contributed by atoms with Crippen LogP contribution in [0.5, 0.6) is 11.5 Å². The number of rotatable bonds is 6. The Bertz CT molecular complexity index is 643. The van der Waals surface area contributed by atoms with E-state index in [2.05, 4.69) is 15.9 Å². The number of halogens is 2. The maximum Gasteiger partial charge on any atom is 0.175 e. The van der Waals surface area contributed by atoms with E-state index in [9.17, 15) is 9.18 Å². The van der Waals surface area contributed by atoms with Gasteiger partial charge in [0, 0.05) is 5.56 Å². The van der Waals surface area contributed by atoms with E-state index in [1.165, 1.54) is 12.1 Å². The Morgan fingerprint density at radius 3 is 2.71 bits per heavy atom. The van der Waals surface area contributed by atoms with E-state index < -0.39 is 0 Å². The van der Waals surface area contributed by atoms with Crippen molar-refractivity contribution in [2.45, 2.75) is 13.5 Å². The lowest BCUT2D eigenvalue weighted by Crippen LogP contribution is -2.01. The molecule has 0 radical (unpaired) electrons. The minimum atomic E-state index is -0.309. The molecule has 2 rings (SSSR count). The molecule has 2 aromatic carbocycles. The summed E-state index contributed by atoms with van der Waals surface area (Å²) < 4.78 is 25.0. The van der Waals surface area contributed by atoms with E-state index in [0.717, 1.165) is 6.29 Å². The highest BCUT2D eigenvalue weighted by Gasteiger charge is 2.12. The summed E-state index contributed by atoms with van der Waals surface area (Å²) in [4.78, 5) is 10.9. The molecule has 0 saturated heterocycles. The summed E-state index contributed by atoms with van der Waals surface area (Å²) in [5.41, 5.74) is 1.20. The topological polar surface area (TPSA) is 35.5 Å². The monoisotopic (exact) mass is 352 g/mol. The average molecular weight is 353 g/mol. The van der Waals surface area contributed by atoms with Crippen LogP contribution < -0.4 is 9.47 Å². The number of ether oxygens (including phenoxy) is 2. The van der Waals surface area contributed by atoms with Crippen LogP contribution >= 0.6 is 15.9 Å². The normalized spacial score (nSPS) is 10.2. The predicted molar refractivity (Wildman–Crippen MR) is 81.4 cm³/mol. The van der Waals surface area contributed by atoms with E-state index in [-0.39, 0.29) is 12.4 Å². The second-order valence-corrected chi connectivity index (χ2v) is 5.15. The second kappa shape index (κ2) is 7.22. The van der Waals surface area contributed by atoms with Crippen molar-refractivity contribution >= 4 is 22.2 Å². The number of hydrogen-bond donors (Lipinski definition) is 0. The third kappa shape index (κ3) is 4.04. The molecule has 110 valence electrons. The first-order chi connectivity index (χ1) is 10.1. The zero-order valence-corrected chi connectivity index (χ0v) is 13.0. The minimum absolute atomic E-state index is 0.205. The molecule has 0 heterocycles. The van der Waals surface area contributed by atoms with Crippen molar-refractivity contribution in [3.8, 4) is 11.5 Å². The average Bonchev–Trinajstić information content (AvgIpc) is 2.46. The Morgan fingerprint density at radius 1 is 1.24 bits per heavy atom. The molecule has 0 amide bonds. The molecule has 0 aliphatic heterocycles. The molecule has 0 atom stereocenters. The number of hydrogen-bond acceptors (Lipinski definition) is 3. The van der Waals surface area contributed by atoms with Crippen molar-refractivity contribution in [2.24, 2.45) is 0 Å². The molecule has 5 heteroatoms. The van der Waals surface area contributed by atoms with Gasteiger partial charge in [-0.1, -0.05) is 12.1 Å². The molecule has 0 bridgehead atoms. The van der Waals surface area contributed by atoms with E-state index in [1.807, 2.05) is 6.92 Å². The minimum Gasteiger partial charge on any atom is -0.490 e. The van der Waals surface area contributed by atoms with E-state index in [4.69, 9.17) is 9.47 Å². The lowest BCUT2D eigenvalue weighted by atomic mass is 10.2. The van der Waals surface area contributed by atoms with Gasteiger partial charge in [-0.2, -0.15) is 0 Å². The summed E-state index contributed by atoms with van der Waals surface area (Å²) in [5.74, 6) is 0.661. The van der Waals surface area contributed by atoms with Crippen molar-refractivity contribution < 1.29 is 18.7 Å². The third-order valence-electron chi connectivity index (χ3n) is 2.74. The van der Waals surface area contributed by atoms with Gasteiger partial charge < -0.3 is 9.47 Å². The highest BCUT2D eigenvalue weighted by atomic mass is 79.9. The highest BCUT2D eigenvalue weighted by molar-refractivity contribution is 9.10. The van der Waals surface area contributed by atoms with Crippen LogP contribution in [-0.2, 0) is 6.61 Å². The molecular weight excluding hydrogens is 339 g/mol. The maximum absolute atomic E-state index is 13.1. The molecule has 0 N–H and O–H groups in total. The molecule has 0 fully saturated rings. The van der Waals surface area contributed by atoms with Gasteiger partial charge >= 0.3 is 0 Å². The van der Waals surface area contributed by atoms with E-state index in [1.54, 1.807) is 24.3 Å². The van der Waals surface area contributed by atoms with Gasteiger partial charge in [0.2, 0.25) is 0 Å². The zero-order chi connectivity index (χ0) is 15.2. The van der Waals surface area contributed by atoms with Crippen LogP contribution in [0.2, 0.25) is 0 Å². The van der Waals surface area contributed by atoms with Gasteiger partial charge in [0.05, 0.1) is 11.1 Å². The summed E-state index contributed by atoms with van der Waals surface area (Å²) in [5, 5.41) is 0. The van der Waals surface area contributed by atoms with Gasteiger partial charge in [-0.15, -0.1) is 0 Å². The molecule has 0 spiro atoms. The van der Waals surface area contributed by atoms with Gasteiger partial charge in [0.25, 0.3) is 0 Å². The van der Waals surface area contributed by atoms with Gasteiger partial charge in [-0.05, 0) is 52.7 Å². The van der Waals surface area contributed by atoms with Crippen molar-refractivity contribution in [1.29, 1.82) is 0 Å². The number of benzene rings is 2. The third-order valence-corrected chi connectivity index (χ3v) is 3.33. The van der Waals surface area contributed by atoms with Crippen molar-refractivity contribution in [3.63, 3.8) is 0 Å². The Morgan fingerprint density at radius 2 is 2.05 bits per heavy atom. The fourth-order valence-electron chi connectivity index (χ4n) is 1.84. The van der Waals surface area contributed by atoms with Crippen molar-refractivity contribution in [1.82, 2.24) is 0 Å². The first-order valence-electron chi connectivity index (χ1n) is 6.42. The molecule has 0 aliphatic rings. The quantitative estimate of drug-likeness (QED) is 0.723. The van der Waals surface area contributed by atoms with Crippen LogP contribution in [0.3, 0.4) is 0 Å². The van der Waals surface area contributed by atoms with Crippen LogP contribution in [0.4, 0.5) is 4.39 Å². The Kier molecular flexibility index (Phi) is 5.33. The van der Waals surface area contributed by atoms with Crippen LogP contribution in [0, 0.1) is 5.82 Å². The van der Waals surface area contributed by atoms with Crippen LogP contribution in [0.1, 0.15) is 22.8 Å². The molecule has 0 saturated carbocycles. The van der Waals surface area contributed by atoms with Gasteiger partial charge in [0.15, 0.2) is 11.5 Å². The zero-order valence-electron chi connectivity index (χ0n) is 11.4. The van der Waals surface area contributed by atoms with Crippen molar-refractivity contribution in [3.05, 3.63) is 57.8 Å². The summed E-state index contributed by atoms with van der Waals surface area (Å²) in [6.07, 6.45) is 0.740. The lowest BCUT2D eigenvalue weighted by Gasteiger charge is -2.14. The highest BCUT2D eigenvalue weighted by Crippen LogP contribution is 2.37. The molecule has 0 unspecified atom stereocenters. The number of carbonyl (C=O) groups is 1. The van der Waals surface area contributed by atoms with E-state index in [0.29, 0.717) is 33.7 Å². The fraction of sp³-hybridized carbons (Fsp3) is 0.188. The standard InChI is InChI=1S/C16H14BrFO3/c1-2-20-15-8-12(9-19)7-14(17)16(15)21-10-11-4-3-5-13(18)6-11/h3-9H,2,10H2,1H3. The first-order valence-corrected chi connectivity index (χ1v) is 7.22. The van der Waals surface area contributed by atoms with Crippen LogP contribution in [0.15, 0.2) is 40.9 Å². The summed E-state index contributed by atoms with van der Waals surface area (Å²) in [6, 6.07) is 9.45. The Labute approximate surface area is 130 Å². The molecule has 3 nitrogen and oxygen atoms in total. The first kappa shape index (κ1) is 15.5. The maximum atomic E-state index is 13.1. The summed E-state index contributed by atoms with van der Waals surface area (Å²) in [6.45, 7) is 2.50. The molecule has 21 heavy (non-hydrogen) atoms. The lowest BCUT2D eigenvalue weighted by molar-refractivity contribution is 0.112. The fourth-order valence-corrected chi connectivity index (χ4v) is 2.42. The van der Waals surface area contributed by atoms with Crippen LogP contribution in [-0.4, -0.2) is 12.9 Å². The Balaban J connectivity index is 2.24. The van der Waals surface area contributed by atoms with Gasteiger partial charge in [-0.25, -0.2) is 4.39 Å². The SMILES string of the molecule is CCOc1cc(C=O)cc(Br)c1OCc1cccc(F)c1. The molecular formula is C16H14BrFO3. The molecule has 0 aromatic heterocycles. The van der Waals surface area contributed by atoms with E-state index >= 15 is 0 Å². The van der Waals surface area contributed by atoms with Gasteiger partial charge in [-0.3, -0.25) is 4.79 Å². The second-order valence-electron chi connectivity index (χ2n) is 4.30. The Hall–Kier alpha value is -1.88. The smallest absolute Gasteiger partial charge is 0.175 e. The predicted octanol–water partition coefficient (Wildman–Crippen LogP) is 4.38. The van der Waals surface area contributed by atoms with Crippen LogP contribution in [0.25, 0.3) is 0 Å². The van der Waals surface area contributed by atoms with Gasteiger partial charge in [0.1, 0.15) is 18.7 Å². The summed E-state index contributed by atoms with van der Waals surface area (Å²) in [7, 11) is 0. The molecule has 0 aliphatic carbocycles. The largest absolute Gasteiger partial charge is 0.490 e. The summed E-state index contributed by atoms with van der Waals surface area (Å²) >= 11 is 3.36. The molecule has 2 aromatic rings.